The summed E-state index contributed by atoms with van der Waals surface area (Å²) in [5.74, 6) is 0.108. The summed E-state index contributed by atoms with van der Waals surface area (Å²) in [5, 5.41) is 13.9. The molecule has 1 rings (SSSR count). The van der Waals surface area contributed by atoms with Crippen LogP contribution in [-0.4, -0.2) is 11.7 Å². The minimum Gasteiger partial charge on any atom is -0.506 e. The minimum atomic E-state index is 0.0427. The Balaban J connectivity index is 2.92. The fourth-order valence-electron chi connectivity index (χ4n) is 1.39. The Morgan fingerprint density at radius 1 is 1.40 bits per heavy atom. The average Bonchev–Trinajstić information content (AvgIpc) is 2.19. The predicted molar refractivity (Wildman–Crippen MR) is 64.8 cm³/mol. The molecule has 0 aliphatic heterocycles. The molecule has 0 fully saturated rings. The van der Waals surface area contributed by atoms with Gasteiger partial charge in [0.05, 0.1) is 5.02 Å². The second kappa shape index (κ2) is 5.59. The minimum absolute atomic E-state index is 0.0427. The number of rotatable bonds is 4. The zero-order valence-corrected chi connectivity index (χ0v) is 10.4. The summed E-state index contributed by atoms with van der Waals surface area (Å²) in [6, 6.07) is 3.31. The summed E-state index contributed by atoms with van der Waals surface area (Å²) in [6.45, 7) is 4.95. The molecule has 1 unspecified atom stereocenters. The Bertz CT molecular complexity index is 342. The van der Waals surface area contributed by atoms with Gasteiger partial charge in [0, 0.05) is 16.6 Å². The molecule has 0 aromatic heterocycles. The number of benzene rings is 1. The van der Waals surface area contributed by atoms with E-state index >= 15 is 0 Å². The third-order valence-corrected chi connectivity index (χ3v) is 2.73. The lowest BCUT2D eigenvalue weighted by Crippen LogP contribution is -2.19. The summed E-state index contributed by atoms with van der Waals surface area (Å²) in [5.41, 5.74) is 0.737. The summed E-state index contributed by atoms with van der Waals surface area (Å²) in [6.07, 6.45) is 1.04. The van der Waals surface area contributed by atoms with Gasteiger partial charge in [0.1, 0.15) is 5.75 Å². The number of hydrogen-bond donors (Lipinski definition) is 2. The summed E-state index contributed by atoms with van der Waals surface area (Å²) < 4.78 is 0. The monoisotopic (exact) mass is 247 g/mol. The van der Waals surface area contributed by atoms with Crippen LogP contribution in [0.5, 0.6) is 5.75 Å². The van der Waals surface area contributed by atoms with Crippen molar-refractivity contribution in [3.8, 4) is 5.75 Å². The van der Waals surface area contributed by atoms with Gasteiger partial charge in [-0.15, -0.1) is 0 Å². The van der Waals surface area contributed by atoms with Crippen molar-refractivity contribution in [2.24, 2.45) is 0 Å². The van der Waals surface area contributed by atoms with Crippen LogP contribution in [0.15, 0.2) is 12.1 Å². The molecule has 0 amide bonds. The number of aromatic hydroxyl groups is 1. The molecular formula is C11H15Cl2NO. The van der Waals surface area contributed by atoms with Crippen molar-refractivity contribution in [1.82, 2.24) is 5.32 Å². The maximum absolute atomic E-state index is 9.76. The quantitative estimate of drug-likeness (QED) is 0.850. The van der Waals surface area contributed by atoms with E-state index in [1.54, 1.807) is 6.07 Å². The van der Waals surface area contributed by atoms with E-state index in [0.717, 1.165) is 18.5 Å². The number of halogens is 2. The van der Waals surface area contributed by atoms with Crippen LogP contribution in [0.25, 0.3) is 0 Å². The molecule has 0 spiro atoms. The van der Waals surface area contributed by atoms with Crippen molar-refractivity contribution >= 4 is 23.2 Å². The van der Waals surface area contributed by atoms with Gasteiger partial charge in [-0.2, -0.15) is 0 Å². The van der Waals surface area contributed by atoms with E-state index in [1.807, 2.05) is 6.92 Å². The van der Waals surface area contributed by atoms with Crippen LogP contribution in [0.1, 0.15) is 31.9 Å². The smallest absolute Gasteiger partial charge is 0.139 e. The lowest BCUT2D eigenvalue weighted by molar-refractivity contribution is 0.453. The van der Waals surface area contributed by atoms with Crippen LogP contribution < -0.4 is 5.32 Å². The first-order valence-corrected chi connectivity index (χ1v) is 5.73. The van der Waals surface area contributed by atoms with E-state index in [9.17, 15) is 5.11 Å². The molecule has 0 saturated heterocycles. The highest BCUT2D eigenvalue weighted by molar-refractivity contribution is 6.35. The van der Waals surface area contributed by atoms with Gasteiger partial charge in [0.25, 0.3) is 0 Å². The summed E-state index contributed by atoms with van der Waals surface area (Å²) >= 11 is 11.7. The van der Waals surface area contributed by atoms with Crippen molar-refractivity contribution in [2.45, 2.75) is 26.3 Å². The van der Waals surface area contributed by atoms with Crippen LogP contribution in [-0.2, 0) is 0 Å². The number of phenols is 1. The Labute approximate surface area is 100 Å². The fraction of sp³-hybridized carbons (Fsp3) is 0.455. The predicted octanol–water partition coefficient (Wildman–Crippen LogP) is 3.76. The molecule has 0 heterocycles. The third-order valence-electron chi connectivity index (χ3n) is 2.22. The normalized spacial score (nSPS) is 12.8. The zero-order valence-electron chi connectivity index (χ0n) is 8.85. The standard InChI is InChI=1S/C11H15Cl2NO/c1-3-4-14-7(2)9-5-8(12)6-10(13)11(9)15/h5-7,14-15H,3-4H2,1-2H3. The van der Waals surface area contributed by atoms with Crippen molar-refractivity contribution in [3.05, 3.63) is 27.7 Å². The molecule has 15 heavy (non-hydrogen) atoms. The highest BCUT2D eigenvalue weighted by Crippen LogP contribution is 2.34. The van der Waals surface area contributed by atoms with Crippen molar-refractivity contribution in [2.75, 3.05) is 6.54 Å². The van der Waals surface area contributed by atoms with Gasteiger partial charge in [-0.25, -0.2) is 0 Å². The fourth-order valence-corrected chi connectivity index (χ4v) is 1.90. The van der Waals surface area contributed by atoms with Gasteiger partial charge in [0.15, 0.2) is 0 Å². The molecule has 1 aromatic rings. The molecule has 0 aliphatic carbocycles. The molecule has 1 atom stereocenters. The van der Waals surface area contributed by atoms with Crippen LogP contribution in [0, 0.1) is 0 Å². The maximum atomic E-state index is 9.76. The van der Waals surface area contributed by atoms with E-state index in [0.29, 0.717) is 10.0 Å². The molecule has 1 aromatic carbocycles. The van der Waals surface area contributed by atoms with Gasteiger partial charge >= 0.3 is 0 Å². The van der Waals surface area contributed by atoms with Crippen LogP contribution >= 0.6 is 23.2 Å². The van der Waals surface area contributed by atoms with Gasteiger partial charge in [0.2, 0.25) is 0 Å². The van der Waals surface area contributed by atoms with Crippen molar-refractivity contribution < 1.29 is 5.11 Å². The van der Waals surface area contributed by atoms with E-state index in [4.69, 9.17) is 23.2 Å². The molecule has 0 bridgehead atoms. The Morgan fingerprint density at radius 2 is 2.07 bits per heavy atom. The molecule has 0 radical (unpaired) electrons. The first-order valence-electron chi connectivity index (χ1n) is 4.97. The van der Waals surface area contributed by atoms with Crippen LogP contribution in [0.3, 0.4) is 0 Å². The largest absolute Gasteiger partial charge is 0.506 e. The van der Waals surface area contributed by atoms with E-state index in [2.05, 4.69) is 12.2 Å². The molecule has 84 valence electrons. The summed E-state index contributed by atoms with van der Waals surface area (Å²) in [4.78, 5) is 0. The molecule has 2 nitrogen and oxygen atoms in total. The number of nitrogens with one attached hydrogen (secondary N) is 1. The molecule has 2 N–H and O–H groups in total. The van der Waals surface area contributed by atoms with Gasteiger partial charge in [-0.1, -0.05) is 30.1 Å². The van der Waals surface area contributed by atoms with E-state index in [-0.39, 0.29) is 11.8 Å². The Hall–Kier alpha value is -0.440. The highest BCUT2D eigenvalue weighted by atomic mass is 35.5. The highest BCUT2D eigenvalue weighted by Gasteiger charge is 2.13. The Kier molecular flexibility index (Phi) is 4.71. The third kappa shape index (κ3) is 3.26. The first kappa shape index (κ1) is 12.6. The maximum Gasteiger partial charge on any atom is 0.139 e. The second-order valence-electron chi connectivity index (χ2n) is 3.50. The van der Waals surface area contributed by atoms with Crippen LogP contribution in [0.4, 0.5) is 0 Å². The van der Waals surface area contributed by atoms with Gasteiger partial charge < -0.3 is 10.4 Å². The Morgan fingerprint density at radius 3 is 2.67 bits per heavy atom. The SMILES string of the molecule is CCCNC(C)c1cc(Cl)cc(Cl)c1O. The average molecular weight is 248 g/mol. The lowest BCUT2D eigenvalue weighted by atomic mass is 10.1. The van der Waals surface area contributed by atoms with E-state index < -0.39 is 0 Å². The van der Waals surface area contributed by atoms with E-state index in [1.165, 1.54) is 6.07 Å². The molecule has 0 saturated carbocycles. The van der Waals surface area contributed by atoms with Crippen molar-refractivity contribution in [1.29, 1.82) is 0 Å². The first-order chi connectivity index (χ1) is 7.06. The summed E-state index contributed by atoms with van der Waals surface area (Å²) in [7, 11) is 0. The van der Waals surface area contributed by atoms with Crippen molar-refractivity contribution in [3.63, 3.8) is 0 Å². The molecular weight excluding hydrogens is 233 g/mol. The number of hydrogen-bond acceptors (Lipinski definition) is 2. The second-order valence-corrected chi connectivity index (χ2v) is 4.34. The van der Waals surface area contributed by atoms with Crippen LogP contribution in [0.2, 0.25) is 10.0 Å². The lowest BCUT2D eigenvalue weighted by Gasteiger charge is -2.16. The zero-order chi connectivity index (χ0) is 11.4. The topological polar surface area (TPSA) is 32.3 Å². The van der Waals surface area contributed by atoms with Gasteiger partial charge in [-0.05, 0) is 32.0 Å². The van der Waals surface area contributed by atoms with Gasteiger partial charge in [-0.3, -0.25) is 0 Å². The molecule has 0 aliphatic rings. The number of phenolic OH excluding ortho intramolecular Hbond substituents is 1. The molecule has 4 heteroatoms.